The van der Waals surface area contributed by atoms with Crippen LogP contribution in [0.5, 0.6) is 0 Å². The van der Waals surface area contributed by atoms with Crippen molar-refractivity contribution in [3.63, 3.8) is 0 Å². The van der Waals surface area contributed by atoms with E-state index in [4.69, 9.17) is 23.2 Å². The number of halogens is 2. The maximum absolute atomic E-state index is 14.0. The first-order valence-corrected chi connectivity index (χ1v) is 15.1. The first-order chi connectivity index (χ1) is 20.3. The Labute approximate surface area is 255 Å². The van der Waals surface area contributed by atoms with Gasteiger partial charge in [-0.05, 0) is 49.1 Å². The van der Waals surface area contributed by atoms with Crippen LogP contribution >= 0.6 is 23.2 Å². The van der Waals surface area contributed by atoms with Crippen LogP contribution in [0.4, 0.5) is 0 Å². The summed E-state index contributed by atoms with van der Waals surface area (Å²) < 4.78 is 0. The molecule has 1 fully saturated rings. The van der Waals surface area contributed by atoms with Gasteiger partial charge in [-0.1, -0.05) is 84.6 Å². The second kappa shape index (κ2) is 13.5. The Bertz CT molecular complexity index is 1420. The number of carbonyl (C=O) groups is 4. The van der Waals surface area contributed by atoms with Crippen LogP contribution in [0.2, 0.25) is 10.0 Å². The number of benzene rings is 3. The summed E-state index contributed by atoms with van der Waals surface area (Å²) in [6.45, 7) is 0.135. The Hall–Kier alpha value is -3.68. The molecule has 1 N–H and O–H groups in total. The number of fused-ring (bicyclic) bond motifs is 1. The largest absolute Gasteiger partial charge is 0.352 e. The monoisotopic (exact) mass is 605 g/mol. The minimum Gasteiger partial charge on any atom is -0.352 e. The highest BCUT2D eigenvalue weighted by atomic mass is 35.5. The smallest absolute Gasteiger partial charge is 0.261 e. The molecule has 3 aromatic rings. The summed E-state index contributed by atoms with van der Waals surface area (Å²) in [4.78, 5) is 56.2. The Morgan fingerprint density at radius 1 is 0.857 bits per heavy atom. The third-order valence-electron chi connectivity index (χ3n) is 8.01. The molecule has 1 unspecified atom stereocenters. The lowest BCUT2D eigenvalue weighted by Crippen LogP contribution is -2.52. The molecule has 0 radical (unpaired) electrons. The lowest BCUT2D eigenvalue weighted by Gasteiger charge is -2.33. The molecule has 218 valence electrons. The molecule has 1 aliphatic heterocycles. The number of hydrogen-bond acceptors (Lipinski definition) is 4. The third-order valence-corrected chi connectivity index (χ3v) is 8.72. The lowest BCUT2D eigenvalue weighted by atomic mass is 10.0. The zero-order valence-corrected chi connectivity index (χ0v) is 24.7. The van der Waals surface area contributed by atoms with Gasteiger partial charge in [0, 0.05) is 47.6 Å². The number of carbonyl (C=O) groups excluding carboxylic acids is 4. The van der Waals surface area contributed by atoms with Gasteiger partial charge in [-0.2, -0.15) is 0 Å². The van der Waals surface area contributed by atoms with E-state index in [-0.39, 0.29) is 55.6 Å². The third kappa shape index (κ3) is 6.69. The molecule has 0 saturated heterocycles. The second-order valence-electron chi connectivity index (χ2n) is 10.8. The Morgan fingerprint density at radius 3 is 2.07 bits per heavy atom. The molecule has 1 saturated carbocycles. The number of hydrogen-bond donors (Lipinski definition) is 1. The maximum atomic E-state index is 14.0. The highest BCUT2D eigenvalue weighted by Crippen LogP contribution is 2.28. The zero-order valence-electron chi connectivity index (χ0n) is 23.2. The van der Waals surface area contributed by atoms with Crippen molar-refractivity contribution >= 4 is 46.8 Å². The standard InChI is InChI=1S/C33H33Cl2N3O4/c34-27-16-8-17-28(35)26(27)21-38(29(20-22-10-2-1-3-11-22)31(40)36-23-12-4-5-13-23)30(39)18-9-19-37-32(41)24-14-6-7-15-25(24)33(37)42/h1-3,6-8,10-11,14-17,23,29H,4-5,9,12-13,18-21H2,(H,36,40). The second-order valence-corrected chi connectivity index (χ2v) is 11.6. The average Bonchev–Trinajstić information content (AvgIpc) is 3.59. The van der Waals surface area contributed by atoms with Crippen LogP contribution in [-0.4, -0.2) is 52.1 Å². The summed E-state index contributed by atoms with van der Waals surface area (Å²) in [5, 5.41) is 3.98. The van der Waals surface area contributed by atoms with Crippen molar-refractivity contribution in [2.75, 3.05) is 6.54 Å². The van der Waals surface area contributed by atoms with Gasteiger partial charge < -0.3 is 10.2 Å². The fourth-order valence-corrected chi connectivity index (χ4v) is 6.27. The van der Waals surface area contributed by atoms with Gasteiger partial charge in [0.15, 0.2) is 0 Å². The lowest BCUT2D eigenvalue weighted by molar-refractivity contribution is -0.141. The van der Waals surface area contributed by atoms with Crippen LogP contribution in [0.15, 0.2) is 72.8 Å². The van der Waals surface area contributed by atoms with Gasteiger partial charge in [-0.3, -0.25) is 24.1 Å². The van der Waals surface area contributed by atoms with Crippen LogP contribution in [0.3, 0.4) is 0 Å². The van der Waals surface area contributed by atoms with Gasteiger partial charge in [0.2, 0.25) is 11.8 Å². The predicted octanol–water partition coefficient (Wildman–Crippen LogP) is 6.07. The number of nitrogens with one attached hydrogen (secondary N) is 1. The predicted molar refractivity (Wildman–Crippen MR) is 162 cm³/mol. The van der Waals surface area contributed by atoms with E-state index in [2.05, 4.69) is 5.32 Å². The van der Waals surface area contributed by atoms with Gasteiger partial charge >= 0.3 is 0 Å². The Morgan fingerprint density at radius 2 is 1.45 bits per heavy atom. The van der Waals surface area contributed by atoms with E-state index in [1.165, 1.54) is 4.90 Å². The topological polar surface area (TPSA) is 86.8 Å². The van der Waals surface area contributed by atoms with E-state index >= 15 is 0 Å². The highest BCUT2D eigenvalue weighted by molar-refractivity contribution is 6.36. The summed E-state index contributed by atoms with van der Waals surface area (Å²) >= 11 is 13.0. The normalized spacial score (nSPS) is 15.5. The molecular weight excluding hydrogens is 573 g/mol. The average molecular weight is 607 g/mol. The van der Waals surface area contributed by atoms with Crippen LogP contribution in [0.1, 0.15) is 70.4 Å². The number of rotatable bonds is 11. The number of amides is 4. The van der Waals surface area contributed by atoms with E-state index < -0.39 is 6.04 Å². The fraction of sp³-hybridized carbons (Fsp3) is 0.333. The van der Waals surface area contributed by atoms with Crippen LogP contribution in [-0.2, 0) is 22.6 Å². The SMILES string of the molecule is O=C(NC1CCCC1)C(Cc1ccccc1)N(Cc1c(Cl)cccc1Cl)C(=O)CCCN1C(=O)c2ccccc2C1=O. The fourth-order valence-electron chi connectivity index (χ4n) is 5.75. The summed E-state index contributed by atoms with van der Waals surface area (Å²) in [7, 11) is 0. The quantitative estimate of drug-likeness (QED) is 0.269. The minimum absolute atomic E-state index is 0.0253. The van der Waals surface area contributed by atoms with Crippen molar-refractivity contribution in [3.05, 3.63) is 105 Å². The van der Waals surface area contributed by atoms with Crippen LogP contribution in [0.25, 0.3) is 0 Å². The van der Waals surface area contributed by atoms with E-state index in [1.807, 2.05) is 30.3 Å². The molecule has 3 aromatic carbocycles. The van der Waals surface area contributed by atoms with E-state index in [0.29, 0.717) is 33.2 Å². The molecule has 7 nitrogen and oxygen atoms in total. The summed E-state index contributed by atoms with van der Waals surface area (Å²) in [6, 6.07) is 20.7. The van der Waals surface area contributed by atoms with Crippen molar-refractivity contribution in [1.29, 1.82) is 0 Å². The summed E-state index contributed by atoms with van der Waals surface area (Å²) in [5.41, 5.74) is 2.21. The molecule has 5 rings (SSSR count). The zero-order chi connectivity index (χ0) is 29.6. The summed E-state index contributed by atoms with van der Waals surface area (Å²) in [6.07, 6.45) is 4.53. The maximum Gasteiger partial charge on any atom is 0.261 e. The van der Waals surface area contributed by atoms with Crippen LogP contribution in [0, 0.1) is 0 Å². The van der Waals surface area contributed by atoms with Gasteiger partial charge in [0.1, 0.15) is 6.04 Å². The molecular formula is C33H33Cl2N3O4. The number of imide groups is 1. The molecule has 2 aliphatic rings. The molecule has 0 aromatic heterocycles. The first-order valence-electron chi connectivity index (χ1n) is 14.4. The van der Waals surface area contributed by atoms with Crippen LogP contribution < -0.4 is 5.32 Å². The van der Waals surface area contributed by atoms with Crippen molar-refractivity contribution in [3.8, 4) is 0 Å². The van der Waals surface area contributed by atoms with Crippen molar-refractivity contribution < 1.29 is 19.2 Å². The molecule has 1 atom stereocenters. The van der Waals surface area contributed by atoms with Gasteiger partial charge in [-0.15, -0.1) is 0 Å². The van der Waals surface area contributed by atoms with Gasteiger partial charge in [-0.25, -0.2) is 0 Å². The van der Waals surface area contributed by atoms with E-state index in [0.717, 1.165) is 31.2 Å². The molecule has 9 heteroatoms. The molecule has 1 aliphatic carbocycles. The van der Waals surface area contributed by atoms with Gasteiger partial charge in [0.25, 0.3) is 11.8 Å². The first kappa shape index (κ1) is 29.8. The molecule has 0 bridgehead atoms. The minimum atomic E-state index is -0.813. The van der Waals surface area contributed by atoms with Crippen molar-refractivity contribution in [2.45, 2.75) is 63.6 Å². The van der Waals surface area contributed by atoms with Gasteiger partial charge in [0.05, 0.1) is 11.1 Å². The highest BCUT2D eigenvalue weighted by Gasteiger charge is 2.36. The van der Waals surface area contributed by atoms with Crippen molar-refractivity contribution in [1.82, 2.24) is 15.1 Å². The molecule has 0 spiro atoms. The number of nitrogens with zero attached hydrogens (tertiary/aromatic N) is 2. The van der Waals surface area contributed by atoms with E-state index in [9.17, 15) is 19.2 Å². The Kier molecular flexibility index (Phi) is 9.60. The molecule has 4 amide bonds. The van der Waals surface area contributed by atoms with Crippen molar-refractivity contribution in [2.24, 2.45) is 0 Å². The molecule has 1 heterocycles. The molecule has 42 heavy (non-hydrogen) atoms. The van der Waals surface area contributed by atoms with E-state index in [1.54, 1.807) is 47.4 Å². The summed E-state index contributed by atoms with van der Waals surface area (Å²) in [5.74, 6) is -1.23. The Balaban J connectivity index is 1.38.